The molecule has 138 valence electrons. The lowest BCUT2D eigenvalue weighted by Gasteiger charge is -2.22. The van der Waals surface area contributed by atoms with Crippen LogP contribution in [0.2, 0.25) is 0 Å². The Morgan fingerprint density at radius 2 is 1.89 bits per heavy atom. The minimum Gasteiger partial charge on any atom is -0.341 e. The predicted molar refractivity (Wildman–Crippen MR) is 108 cm³/mol. The van der Waals surface area contributed by atoms with E-state index >= 15 is 0 Å². The van der Waals surface area contributed by atoms with Crippen LogP contribution in [0.15, 0.2) is 54.9 Å². The van der Waals surface area contributed by atoms with Gasteiger partial charge in [-0.05, 0) is 31.9 Å². The van der Waals surface area contributed by atoms with E-state index in [4.69, 9.17) is 4.98 Å². The van der Waals surface area contributed by atoms with Crippen LogP contribution < -0.4 is 0 Å². The molecule has 0 spiro atoms. The van der Waals surface area contributed by atoms with Gasteiger partial charge >= 0.3 is 0 Å². The topological polar surface area (TPSA) is 38.1 Å². The summed E-state index contributed by atoms with van der Waals surface area (Å²) in [7, 11) is 1.91. The Morgan fingerprint density at radius 1 is 1.11 bits per heavy atom. The zero-order chi connectivity index (χ0) is 19.0. The lowest BCUT2D eigenvalue weighted by Crippen LogP contribution is -2.32. The zero-order valence-corrected chi connectivity index (χ0v) is 16.1. The van der Waals surface area contributed by atoms with E-state index in [1.54, 1.807) is 0 Å². The number of aryl methyl sites for hydroxylation is 2. The van der Waals surface area contributed by atoms with Crippen molar-refractivity contribution < 1.29 is 4.79 Å². The second-order valence-electron chi connectivity index (χ2n) is 7.48. The highest BCUT2D eigenvalue weighted by molar-refractivity contribution is 5.81. The standard InChI is InChI=1S/C23H25N3O/c1-16-9-10-17(2)20(13-16)23-22(18-7-5-4-6-8-18)24-15-26(23)14-19-11-12-21(27)25(19)3/h4-10,13,15,19H,11-12,14H2,1-3H3. The minimum absolute atomic E-state index is 0.221. The number of hydrogen-bond donors (Lipinski definition) is 0. The van der Waals surface area contributed by atoms with Crippen molar-refractivity contribution in [1.29, 1.82) is 0 Å². The van der Waals surface area contributed by atoms with Gasteiger partial charge < -0.3 is 9.47 Å². The van der Waals surface area contributed by atoms with Crippen LogP contribution in [-0.2, 0) is 11.3 Å². The van der Waals surface area contributed by atoms with Crippen LogP contribution >= 0.6 is 0 Å². The average Bonchev–Trinajstić information content (AvgIpc) is 3.23. The van der Waals surface area contributed by atoms with Crippen molar-refractivity contribution in [3.8, 4) is 22.5 Å². The van der Waals surface area contributed by atoms with Crippen LogP contribution in [-0.4, -0.2) is 33.4 Å². The molecule has 1 unspecified atom stereocenters. The normalized spacial score (nSPS) is 16.9. The molecule has 0 saturated carbocycles. The third-order valence-corrected chi connectivity index (χ3v) is 5.57. The smallest absolute Gasteiger partial charge is 0.222 e. The van der Waals surface area contributed by atoms with E-state index in [0.717, 1.165) is 29.9 Å². The summed E-state index contributed by atoms with van der Waals surface area (Å²) < 4.78 is 2.23. The first-order valence-electron chi connectivity index (χ1n) is 9.48. The number of rotatable bonds is 4. The fourth-order valence-electron chi connectivity index (χ4n) is 3.91. The highest BCUT2D eigenvalue weighted by Crippen LogP contribution is 2.34. The molecule has 2 aromatic carbocycles. The maximum absolute atomic E-state index is 12.0. The van der Waals surface area contributed by atoms with Gasteiger partial charge in [-0.2, -0.15) is 0 Å². The van der Waals surface area contributed by atoms with Crippen molar-refractivity contribution >= 4 is 5.91 Å². The third-order valence-electron chi connectivity index (χ3n) is 5.57. The van der Waals surface area contributed by atoms with Crippen molar-refractivity contribution in [3.63, 3.8) is 0 Å². The molecule has 4 rings (SSSR count). The summed E-state index contributed by atoms with van der Waals surface area (Å²) in [4.78, 5) is 18.6. The Labute approximate surface area is 160 Å². The van der Waals surface area contributed by atoms with Crippen LogP contribution in [0.5, 0.6) is 0 Å². The molecule has 0 bridgehead atoms. The van der Waals surface area contributed by atoms with E-state index in [1.165, 1.54) is 16.7 Å². The van der Waals surface area contributed by atoms with Crippen LogP contribution in [0.3, 0.4) is 0 Å². The first kappa shape index (κ1) is 17.5. The average molecular weight is 359 g/mol. The Bertz CT molecular complexity index is 975. The zero-order valence-electron chi connectivity index (χ0n) is 16.1. The number of nitrogens with zero attached hydrogens (tertiary/aromatic N) is 3. The molecule has 1 fully saturated rings. The summed E-state index contributed by atoms with van der Waals surface area (Å²) >= 11 is 0. The predicted octanol–water partition coefficient (Wildman–Crippen LogP) is 4.45. The lowest BCUT2D eigenvalue weighted by atomic mass is 9.98. The van der Waals surface area contributed by atoms with Crippen LogP contribution in [0.4, 0.5) is 0 Å². The molecular weight excluding hydrogens is 334 g/mol. The van der Waals surface area contributed by atoms with E-state index in [2.05, 4.69) is 48.7 Å². The number of carbonyl (C=O) groups is 1. The third kappa shape index (κ3) is 3.27. The number of aromatic nitrogens is 2. The first-order chi connectivity index (χ1) is 13.0. The number of likely N-dealkylation sites (tertiary alicyclic amines) is 1. The molecule has 0 aliphatic carbocycles. The molecule has 2 heterocycles. The van der Waals surface area contributed by atoms with Crippen molar-refractivity contribution in [2.75, 3.05) is 7.05 Å². The van der Waals surface area contributed by atoms with Gasteiger partial charge in [0.05, 0.1) is 17.7 Å². The van der Waals surface area contributed by atoms with E-state index in [-0.39, 0.29) is 11.9 Å². The quantitative estimate of drug-likeness (QED) is 0.690. The number of hydrogen-bond acceptors (Lipinski definition) is 2. The second-order valence-corrected chi connectivity index (χ2v) is 7.48. The largest absolute Gasteiger partial charge is 0.341 e. The van der Waals surface area contributed by atoms with E-state index in [0.29, 0.717) is 6.42 Å². The first-order valence-corrected chi connectivity index (χ1v) is 9.48. The molecule has 1 aromatic heterocycles. The van der Waals surface area contributed by atoms with Crippen molar-refractivity contribution in [3.05, 3.63) is 66.0 Å². The Morgan fingerprint density at radius 3 is 2.59 bits per heavy atom. The van der Waals surface area contributed by atoms with Gasteiger partial charge in [-0.25, -0.2) is 4.98 Å². The Balaban J connectivity index is 1.84. The molecule has 1 saturated heterocycles. The number of imidazole rings is 1. The number of benzene rings is 2. The van der Waals surface area contributed by atoms with Gasteiger partial charge in [-0.15, -0.1) is 0 Å². The van der Waals surface area contributed by atoms with Gasteiger partial charge in [0.1, 0.15) is 0 Å². The fourth-order valence-corrected chi connectivity index (χ4v) is 3.91. The highest BCUT2D eigenvalue weighted by Gasteiger charge is 2.29. The van der Waals surface area contributed by atoms with E-state index in [1.807, 2.05) is 36.5 Å². The molecule has 1 aliphatic rings. The van der Waals surface area contributed by atoms with Gasteiger partial charge in [-0.1, -0.05) is 48.0 Å². The summed E-state index contributed by atoms with van der Waals surface area (Å²) in [5.74, 6) is 0.233. The summed E-state index contributed by atoms with van der Waals surface area (Å²) in [5, 5.41) is 0. The highest BCUT2D eigenvalue weighted by atomic mass is 16.2. The summed E-state index contributed by atoms with van der Waals surface area (Å²) in [6.45, 7) is 5.03. The molecule has 4 nitrogen and oxygen atoms in total. The van der Waals surface area contributed by atoms with Gasteiger partial charge in [-0.3, -0.25) is 4.79 Å². The van der Waals surface area contributed by atoms with Crippen LogP contribution in [0, 0.1) is 13.8 Å². The molecule has 0 N–H and O–H groups in total. The van der Waals surface area contributed by atoms with Gasteiger partial charge in [0.25, 0.3) is 0 Å². The maximum atomic E-state index is 12.0. The number of likely N-dealkylation sites (N-methyl/N-ethyl adjacent to an activating group) is 1. The summed E-state index contributed by atoms with van der Waals surface area (Å²) in [6.07, 6.45) is 3.47. The Kier molecular flexibility index (Phi) is 4.56. The molecular formula is C23H25N3O. The molecule has 1 atom stereocenters. The van der Waals surface area contributed by atoms with Gasteiger partial charge in [0.15, 0.2) is 0 Å². The van der Waals surface area contributed by atoms with Crippen molar-refractivity contribution in [2.45, 2.75) is 39.3 Å². The van der Waals surface area contributed by atoms with Gasteiger partial charge in [0, 0.05) is 37.2 Å². The number of carbonyl (C=O) groups excluding carboxylic acids is 1. The SMILES string of the molecule is Cc1ccc(C)c(-c2c(-c3ccccc3)ncn2CC2CCC(=O)N2C)c1. The lowest BCUT2D eigenvalue weighted by molar-refractivity contribution is -0.127. The molecule has 1 amide bonds. The monoisotopic (exact) mass is 359 g/mol. The fraction of sp³-hybridized carbons (Fsp3) is 0.304. The maximum Gasteiger partial charge on any atom is 0.222 e. The minimum atomic E-state index is 0.221. The molecule has 3 aromatic rings. The van der Waals surface area contributed by atoms with E-state index < -0.39 is 0 Å². The second kappa shape index (κ2) is 7.03. The van der Waals surface area contributed by atoms with Gasteiger partial charge in [0.2, 0.25) is 5.91 Å². The van der Waals surface area contributed by atoms with E-state index in [9.17, 15) is 4.79 Å². The summed E-state index contributed by atoms with van der Waals surface area (Å²) in [6, 6.07) is 17.1. The van der Waals surface area contributed by atoms with Crippen LogP contribution in [0.25, 0.3) is 22.5 Å². The molecule has 4 heteroatoms. The number of amides is 1. The summed E-state index contributed by atoms with van der Waals surface area (Å²) in [5.41, 5.74) is 6.92. The van der Waals surface area contributed by atoms with Crippen molar-refractivity contribution in [2.24, 2.45) is 0 Å². The van der Waals surface area contributed by atoms with Crippen LogP contribution in [0.1, 0.15) is 24.0 Å². The molecule has 1 aliphatic heterocycles. The molecule has 0 radical (unpaired) electrons. The molecule has 27 heavy (non-hydrogen) atoms. The Hall–Kier alpha value is -2.88. The van der Waals surface area contributed by atoms with Crippen molar-refractivity contribution in [1.82, 2.24) is 14.5 Å².